The number of rotatable bonds is 4. The van der Waals surface area contributed by atoms with Gasteiger partial charge in [0, 0.05) is 11.3 Å². The van der Waals surface area contributed by atoms with Crippen molar-refractivity contribution in [1.82, 2.24) is 0 Å². The largest absolute Gasteiger partial charge is 0.455 e. The third-order valence-corrected chi connectivity index (χ3v) is 11.7. The molecule has 0 unspecified atom stereocenters. The molecule has 2 fully saturated rings. The summed E-state index contributed by atoms with van der Waals surface area (Å²) in [6, 6.07) is 10.1. The second kappa shape index (κ2) is 6.75. The van der Waals surface area contributed by atoms with Crippen LogP contribution < -0.4 is 0 Å². The van der Waals surface area contributed by atoms with E-state index in [1.807, 2.05) is 18.2 Å². The Hall–Kier alpha value is -0.783. The molecule has 3 atom stereocenters. The minimum Gasteiger partial charge on any atom is -0.455 e. The van der Waals surface area contributed by atoms with Crippen molar-refractivity contribution in [2.24, 2.45) is 0 Å². The smallest absolute Gasteiger partial charge is 0.320 e. The van der Waals surface area contributed by atoms with Crippen molar-refractivity contribution >= 4 is 26.0 Å². The molecule has 0 aromatic heterocycles. The lowest BCUT2D eigenvalue weighted by Crippen LogP contribution is -2.50. The van der Waals surface area contributed by atoms with E-state index in [9.17, 15) is 4.79 Å². The van der Waals surface area contributed by atoms with E-state index in [1.54, 1.807) is 11.8 Å². The molecule has 1 aromatic rings. The van der Waals surface area contributed by atoms with Crippen molar-refractivity contribution in [1.29, 1.82) is 0 Å². The molecule has 0 bridgehead atoms. The standard InChI is InChI=1S/C20H30O3SSi/c1-19(2,3)25(4,5)23-17-12-9-13-20(17)14-16(18(21)22-20)24-15-10-7-6-8-11-15/h6-8,10-11,16-17H,9,12-14H2,1-5H3/t16-,17-,20+/m0/s1. The minimum absolute atomic E-state index is 0.0544. The summed E-state index contributed by atoms with van der Waals surface area (Å²) in [6.45, 7) is 11.3. The lowest BCUT2D eigenvalue weighted by atomic mass is 9.96. The monoisotopic (exact) mass is 378 g/mol. The summed E-state index contributed by atoms with van der Waals surface area (Å²) < 4.78 is 12.7. The highest BCUT2D eigenvalue weighted by molar-refractivity contribution is 8.00. The number of benzene rings is 1. The number of esters is 1. The lowest BCUT2D eigenvalue weighted by Gasteiger charge is -2.42. The number of hydrogen-bond donors (Lipinski definition) is 0. The SMILES string of the molecule is CC(C)(C)[Si](C)(C)O[C@H]1CCC[C@@]12C[C@H](Sc1ccccc1)C(=O)O2. The maximum atomic E-state index is 12.6. The topological polar surface area (TPSA) is 35.5 Å². The zero-order valence-electron chi connectivity index (χ0n) is 16.0. The van der Waals surface area contributed by atoms with E-state index in [4.69, 9.17) is 9.16 Å². The first-order valence-electron chi connectivity index (χ1n) is 9.25. The quantitative estimate of drug-likeness (QED) is 0.518. The van der Waals surface area contributed by atoms with Gasteiger partial charge in [-0.3, -0.25) is 4.79 Å². The average molecular weight is 379 g/mol. The van der Waals surface area contributed by atoms with E-state index in [0.29, 0.717) is 0 Å². The fraction of sp³-hybridized carbons (Fsp3) is 0.650. The van der Waals surface area contributed by atoms with Gasteiger partial charge in [0.25, 0.3) is 0 Å². The second-order valence-corrected chi connectivity index (χ2v) is 14.9. The molecular formula is C20H30O3SSi. The van der Waals surface area contributed by atoms with Gasteiger partial charge in [-0.1, -0.05) is 39.0 Å². The second-order valence-electron chi connectivity index (χ2n) is 8.87. The van der Waals surface area contributed by atoms with E-state index in [0.717, 1.165) is 30.6 Å². The van der Waals surface area contributed by atoms with Gasteiger partial charge in [0.15, 0.2) is 8.32 Å². The molecule has 0 radical (unpaired) electrons. The lowest BCUT2D eigenvalue weighted by molar-refractivity contribution is -0.154. The van der Waals surface area contributed by atoms with Gasteiger partial charge in [0.2, 0.25) is 0 Å². The Balaban J connectivity index is 1.74. The molecule has 3 nitrogen and oxygen atoms in total. The number of carbonyl (C=O) groups is 1. The average Bonchev–Trinajstić information content (AvgIpc) is 3.03. The zero-order chi connectivity index (χ0) is 18.3. The van der Waals surface area contributed by atoms with Crippen molar-refractivity contribution in [2.75, 3.05) is 0 Å². The molecule has 0 N–H and O–H groups in total. The van der Waals surface area contributed by atoms with Crippen molar-refractivity contribution < 1.29 is 14.0 Å². The summed E-state index contributed by atoms with van der Waals surface area (Å²) in [7, 11) is -1.88. The third kappa shape index (κ3) is 3.83. The van der Waals surface area contributed by atoms with Crippen molar-refractivity contribution in [3.05, 3.63) is 30.3 Å². The summed E-state index contributed by atoms with van der Waals surface area (Å²) >= 11 is 1.63. The molecule has 1 heterocycles. The molecular weight excluding hydrogens is 348 g/mol. The predicted octanol–water partition coefficient (Wildman–Crippen LogP) is 5.41. The molecule has 1 aromatic carbocycles. The first-order valence-corrected chi connectivity index (χ1v) is 13.0. The van der Waals surface area contributed by atoms with Crippen LogP contribution in [-0.4, -0.2) is 31.2 Å². The fourth-order valence-corrected chi connectivity index (χ4v) is 6.07. The molecule has 1 aliphatic heterocycles. The number of hydrogen-bond acceptors (Lipinski definition) is 4. The summed E-state index contributed by atoms with van der Waals surface area (Å²) in [5.41, 5.74) is -0.404. The first kappa shape index (κ1) is 19.0. The van der Waals surface area contributed by atoms with Gasteiger partial charge in [0.1, 0.15) is 10.9 Å². The Bertz CT molecular complexity index is 626. The maximum Gasteiger partial charge on any atom is 0.320 e. The molecule has 5 heteroatoms. The van der Waals surface area contributed by atoms with Gasteiger partial charge < -0.3 is 9.16 Å². The molecule has 3 rings (SSSR count). The number of carbonyl (C=O) groups excluding carboxylic acids is 1. The van der Waals surface area contributed by atoms with Crippen LogP contribution in [0.1, 0.15) is 46.5 Å². The van der Waals surface area contributed by atoms with Gasteiger partial charge in [0.05, 0.1) is 6.10 Å². The molecule has 1 saturated carbocycles. The maximum absolute atomic E-state index is 12.6. The summed E-state index contributed by atoms with van der Waals surface area (Å²) in [6.07, 6.45) is 3.84. The molecule has 0 amide bonds. The van der Waals surface area contributed by atoms with E-state index in [2.05, 4.69) is 46.0 Å². The Morgan fingerprint density at radius 1 is 1.24 bits per heavy atom. The van der Waals surface area contributed by atoms with Gasteiger partial charge >= 0.3 is 5.97 Å². The molecule has 1 aliphatic carbocycles. The van der Waals surface area contributed by atoms with Crippen molar-refractivity contribution in [3.8, 4) is 0 Å². The van der Waals surface area contributed by atoms with Crippen LogP contribution in [-0.2, 0) is 14.0 Å². The molecule has 1 saturated heterocycles. The van der Waals surface area contributed by atoms with Gasteiger partial charge in [-0.15, -0.1) is 11.8 Å². The van der Waals surface area contributed by atoms with Gasteiger partial charge in [-0.05, 0) is 49.5 Å². The van der Waals surface area contributed by atoms with Crippen molar-refractivity contribution in [3.63, 3.8) is 0 Å². The van der Waals surface area contributed by atoms with E-state index in [-0.39, 0.29) is 22.4 Å². The van der Waals surface area contributed by atoms with Crippen LogP contribution >= 0.6 is 11.8 Å². The van der Waals surface area contributed by atoms with Crippen LogP contribution in [0.4, 0.5) is 0 Å². The zero-order valence-corrected chi connectivity index (χ0v) is 17.8. The van der Waals surface area contributed by atoms with E-state index >= 15 is 0 Å². The molecule has 2 aliphatic rings. The number of ether oxygens (including phenoxy) is 1. The summed E-state index contributed by atoms with van der Waals surface area (Å²) in [5.74, 6) is -0.0698. The normalized spacial score (nSPS) is 30.0. The van der Waals surface area contributed by atoms with Gasteiger partial charge in [-0.2, -0.15) is 0 Å². The van der Waals surface area contributed by atoms with E-state index in [1.165, 1.54) is 0 Å². The highest BCUT2D eigenvalue weighted by Crippen LogP contribution is 2.49. The third-order valence-electron chi connectivity index (χ3n) is 6.02. The van der Waals surface area contributed by atoms with Crippen LogP contribution in [0.25, 0.3) is 0 Å². The Kier molecular flexibility index (Phi) is 5.12. The summed E-state index contributed by atoms with van der Waals surface area (Å²) in [4.78, 5) is 13.7. The molecule has 25 heavy (non-hydrogen) atoms. The Morgan fingerprint density at radius 3 is 2.56 bits per heavy atom. The first-order chi connectivity index (χ1) is 11.6. The molecule has 138 valence electrons. The van der Waals surface area contributed by atoms with Crippen LogP contribution in [0.15, 0.2) is 35.2 Å². The highest BCUT2D eigenvalue weighted by Gasteiger charge is 2.56. The summed E-state index contributed by atoms with van der Waals surface area (Å²) in [5, 5.41) is 0.0448. The minimum atomic E-state index is -1.88. The van der Waals surface area contributed by atoms with Crippen LogP contribution in [0.3, 0.4) is 0 Å². The Labute approximate surface area is 157 Å². The predicted molar refractivity (Wildman–Crippen MR) is 105 cm³/mol. The van der Waals surface area contributed by atoms with Crippen LogP contribution in [0, 0.1) is 0 Å². The highest BCUT2D eigenvalue weighted by atomic mass is 32.2. The van der Waals surface area contributed by atoms with Gasteiger partial charge in [-0.25, -0.2) is 0 Å². The van der Waals surface area contributed by atoms with Crippen LogP contribution in [0.5, 0.6) is 0 Å². The van der Waals surface area contributed by atoms with Crippen LogP contribution in [0.2, 0.25) is 18.1 Å². The van der Waals surface area contributed by atoms with Crippen molar-refractivity contribution in [2.45, 2.75) is 86.4 Å². The molecule has 1 spiro atoms. The van der Waals surface area contributed by atoms with E-state index < -0.39 is 13.9 Å². The Morgan fingerprint density at radius 2 is 1.92 bits per heavy atom. The number of thioether (sulfide) groups is 1. The fourth-order valence-electron chi connectivity index (χ4n) is 3.52.